The molecule has 58 heavy (non-hydrogen) atoms. The van der Waals surface area contributed by atoms with Gasteiger partial charge < -0.3 is 59.1 Å². The highest BCUT2D eigenvalue weighted by atomic mass is 16.7. The number of hydrogen-bond acceptors (Lipinski definition) is 13. The van der Waals surface area contributed by atoms with E-state index in [4.69, 9.17) is 28.4 Å². The Hall–Kier alpha value is -2.43. The van der Waals surface area contributed by atoms with Crippen LogP contribution in [-0.2, 0) is 33.2 Å². The minimum Gasteiger partial charge on any atom is -0.490 e. The summed E-state index contributed by atoms with van der Waals surface area (Å²) in [7, 11) is 2.83. The van der Waals surface area contributed by atoms with Gasteiger partial charge in [-0.3, -0.25) is 0 Å². The van der Waals surface area contributed by atoms with Crippen LogP contribution in [0, 0.1) is 35.5 Å². The molecule has 0 aromatic rings. The van der Waals surface area contributed by atoms with Crippen LogP contribution in [0.1, 0.15) is 94.9 Å². The smallest absolute Gasteiger partial charge is 0.373 e. The molecule has 0 amide bonds. The van der Waals surface area contributed by atoms with Crippen molar-refractivity contribution in [2.24, 2.45) is 35.5 Å². The van der Waals surface area contributed by atoms with E-state index in [0.29, 0.717) is 18.4 Å². The van der Waals surface area contributed by atoms with Gasteiger partial charge >= 0.3 is 5.97 Å². The summed E-state index contributed by atoms with van der Waals surface area (Å²) >= 11 is 0. The molecule has 13 nitrogen and oxygen atoms in total. The number of ether oxygens (including phenoxy) is 6. The number of rotatable bonds is 10. The molecule has 3 rings (SSSR count). The lowest BCUT2D eigenvalue weighted by Crippen LogP contribution is -2.59. The Labute approximate surface area is 346 Å². The predicted octanol–water partition coefficient (Wildman–Crippen LogP) is 4.88. The topological polar surface area (TPSA) is 194 Å². The molecular formula is C45H74O13. The number of methoxy groups -OCH3 is 2. The van der Waals surface area contributed by atoms with E-state index >= 15 is 0 Å². The molecule has 3 heterocycles. The fourth-order valence-electron chi connectivity index (χ4n) is 8.64. The zero-order valence-corrected chi connectivity index (χ0v) is 36.7. The third kappa shape index (κ3) is 12.6. The molecule has 0 saturated carbocycles. The normalized spacial score (nSPS) is 43.9. The van der Waals surface area contributed by atoms with E-state index in [-0.39, 0.29) is 42.3 Å². The van der Waals surface area contributed by atoms with Gasteiger partial charge in [0.2, 0.25) is 5.76 Å². The third-order valence-corrected chi connectivity index (χ3v) is 12.5. The van der Waals surface area contributed by atoms with Gasteiger partial charge in [-0.05, 0) is 52.5 Å². The van der Waals surface area contributed by atoms with Gasteiger partial charge in [-0.25, -0.2) is 4.79 Å². The molecule has 13 heteroatoms. The highest BCUT2D eigenvalue weighted by Gasteiger charge is 2.52. The van der Waals surface area contributed by atoms with Gasteiger partial charge in [0.15, 0.2) is 12.1 Å². The van der Waals surface area contributed by atoms with Crippen molar-refractivity contribution >= 4 is 5.97 Å². The van der Waals surface area contributed by atoms with Crippen LogP contribution in [-0.4, -0.2) is 124 Å². The molecule has 332 valence electrons. The molecule has 10 unspecified atom stereocenters. The van der Waals surface area contributed by atoms with Gasteiger partial charge in [-0.15, -0.1) is 0 Å². The first kappa shape index (κ1) is 49.9. The molecule has 0 bridgehead atoms. The summed E-state index contributed by atoms with van der Waals surface area (Å²) in [5.74, 6) is -5.78. The molecule has 0 spiro atoms. The second kappa shape index (κ2) is 22.4. The Morgan fingerprint density at radius 1 is 1.03 bits per heavy atom. The number of esters is 1. The number of aliphatic hydroxyl groups excluding tert-OH is 5. The first-order valence-electron chi connectivity index (χ1n) is 21.0. The van der Waals surface area contributed by atoms with Gasteiger partial charge in [-0.2, -0.15) is 0 Å². The Morgan fingerprint density at radius 2 is 1.71 bits per heavy atom. The van der Waals surface area contributed by atoms with E-state index in [1.54, 1.807) is 39.8 Å². The van der Waals surface area contributed by atoms with Crippen LogP contribution in [0.3, 0.4) is 0 Å². The van der Waals surface area contributed by atoms with Crippen LogP contribution in [0.15, 0.2) is 59.4 Å². The lowest BCUT2D eigenvalue weighted by atomic mass is 9.77. The Morgan fingerprint density at radius 3 is 2.29 bits per heavy atom. The van der Waals surface area contributed by atoms with E-state index in [1.165, 1.54) is 20.3 Å². The SMILES string of the molecule is C/C=C/[C@H]1O[C@](O)(C(C)C(O)C(C)C2OC(=O)/C(OC)=C/C(C)=C/C(C)C(O)C(CC)C(O)C(C)C/C(C)=C/C=C/C2OC)C[C@@H](O[C@H]2C[C@@H](O)[C@H](O)[C@@H](C)O2)[C@@H]1C. The van der Waals surface area contributed by atoms with Crippen LogP contribution < -0.4 is 0 Å². The second-order valence-electron chi connectivity index (χ2n) is 17.1. The average Bonchev–Trinajstić information content (AvgIpc) is 3.17. The third-order valence-electron chi connectivity index (χ3n) is 12.5. The molecule has 2 saturated heterocycles. The van der Waals surface area contributed by atoms with Crippen LogP contribution in [0.4, 0.5) is 0 Å². The van der Waals surface area contributed by atoms with Crippen LogP contribution in [0.25, 0.3) is 0 Å². The van der Waals surface area contributed by atoms with E-state index in [9.17, 15) is 35.4 Å². The summed E-state index contributed by atoms with van der Waals surface area (Å²) in [5, 5.41) is 67.8. The summed E-state index contributed by atoms with van der Waals surface area (Å²) in [5.41, 5.74) is 1.61. The minimum atomic E-state index is -1.93. The molecule has 2 fully saturated rings. The van der Waals surface area contributed by atoms with E-state index < -0.39 is 90.9 Å². The Bertz CT molecular complexity index is 1450. The van der Waals surface area contributed by atoms with E-state index in [1.807, 2.05) is 65.8 Å². The largest absolute Gasteiger partial charge is 0.490 e. The molecule has 18 atom stereocenters. The van der Waals surface area contributed by atoms with Gasteiger partial charge in [0.25, 0.3) is 0 Å². The molecule has 0 radical (unpaired) electrons. The van der Waals surface area contributed by atoms with Crippen molar-refractivity contribution in [1.29, 1.82) is 0 Å². The number of cyclic esters (lactones) is 1. The van der Waals surface area contributed by atoms with Gasteiger partial charge in [0.1, 0.15) is 18.3 Å². The Balaban J connectivity index is 2.02. The highest BCUT2D eigenvalue weighted by Crippen LogP contribution is 2.42. The zero-order valence-electron chi connectivity index (χ0n) is 36.7. The van der Waals surface area contributed by atoms with Crippen molar-refractivity contribution in [2.75, 3.05) is 14.2 Å². The summed E-state index contributed by atoms with van der Waals surface area (Å²) in [6, 6.07) is 0. The van der Waals surface area contributed by atoms with Crippen molar-refractivity contribution in [1.82, 2.24) is 0 Å². The van der Waals surface area contributed by atoms with Crippen LogP contribution in [0.2, 0.25) is 0 Å². The standard InChI is InChI=1S/C45H74O13/c1-13-16-34-28(7)37(56-38-22-33(46)42(50)31(10)55-38)23-45(52,58-34)30(9)41(49)29(8)43-35(53-11)18-15-17-24(3)19-26(5)39(47)32(14-2)40(48)27(6)20-25(4)21-36(54-12)44(51)57-43/h13,15-18,20-21,26-35,37-43,46-50,52H,14,19,22-23H2,1-12H3/b16-13+,18-15+,24-17+,25-20+,36-21-/t26?,27?,28-,29?,30?,31-,32?,33-,34-,35?,37-,38+,39?,40?,41?,42-,43?,45+/m1/s1. The zero-order chi connectivity index (χ0) is 43.6. The quantitative estimate of drug-likeness (QED) is 0.129. The molecule has 3 aliphatic heterocycles. The summed E-state index contributed by atoms with van der Waals surface area (Å²) in [6.07, 6.45) is 3.82. The maximum absolute atomic E-state index is 13.9. The molecule has 6 N–H and O–H groups in total. The van der Waals surface area contributed by atoms with Crippen molar-refractivity contribution in [3.05, 3.63) is 59.4 Å². The lowest BCUT2D eigenvalue weighted by molar-refractivity contribution is -0.339. The average molecular weight is 823 g/mol. The molecular weight excluding hydrogens is 748 g/mol. The van der Waals surface area contributed by atoms with Crippen molar-refractivity contribution in [3.63, 3.8) is 0 Å². The number of aliphatic hydroxyl groups is 6. The second-order valence-corrected chi connectivity index (χ2v) is 17.1. The predicted molar refractivity (Wildman–Crippen MR) is 220 cm³/mol. The maximum Gasteiger partial charge on any atom is 0.373 e. The molecule has 0 aliphatic carbocycles. The van der Waals surface area contributed by atoms with Crippen molar-refractivity contribution in [2.45, 2.75) is 168 Å². The summed E-state index contributed by atoms with van der Waals surface area (Å²) in [6.45, 7) is 18.3. The minimum absolute atomic E-state index is 0.0414. The molecule has 0 aromatic heterocycles. The first-order valence-corrected chi connectivity index (χ1v) is 21.0. The van der Waals surface area contributed by atoms with Crippen molar-refractivity contribution < 1.29 is 63.9 Å². The van der Waals surface area contributed by atoms with Gasteiger partial charge in [-0.1, -0.05) is 89.1 Å². The lowest BCUT2D eigenvalue weighted by Gasteiger charge is -2.49. The van der Waals surface area contributed by atoms with Crippen molar-refractivity contribution in [3.8, 4) is 0 Å². The summed E-state index contributed by atoms with van der Waals surface area (Å²) < 4.78 is 36.1. The number of carbonyl (C=O) groups is 1. The molecule has 3 aliphatic rings. The monoisotopic (exact) mass is 823 g/mol. The highest BCUT2D eigenvalue weighted by molar-refractivity contribution is 5.87. The van der Waals surface area contributed by atoms with Crippen LogP contribution in [0.5, 0.6) is 0 Å². The molecule has 0 aromatic carbocycles. The Kier molecular flexibility index (Phi) is 19.3. The first-order chi connectivity index (χ1) is 27.2. The number of allylic oxidation sites excluding steroid dienone is 6. The van der Waals surface area contributed by atoms with Gasteiger partial charge in [0.05, 0.1) is 49.8 Å². The fourth-order valence-corrected chi connectivity index (χ4v) is 8.64. The van der Waals surface area contributed by atoms with E-state index in [2.05, 4.69) is 0 Å². The number of carbonyl (C=O) groups excluding carboxylic acids is 1. The fraction of sp³-hybridized carbons (Fsp3) is 0.756. The summed E-state index contributed by atoms with van der Waals surface area (Å²) in [4.78, 5) is 13.9. The van der Waals surface area contributed by atoms with E-state index in [0.717, 1.165) is 5.57 Å². The maximum atomic E-state index is 13.9. The van der Waals surface area contributed by atoms with Crippen LogP contribution >= 0.6 is 0 Å². The van der Waals surface area contributed by atoms with Gasteiger partial charge in [0, 0.05) is 49.5 Å². The number of hydrogen-bond donors (Lipinski definition) is 6.